The number of hydrogen-bond acceptors (Lipinski definition) is 3. The summed E-state index contributed by atoms with van der Waals surface area (Å²) in [5, 5.41) is 15.4. The average Bonchev–Trinajstić information content (AvgIpc) is 2.80. The molecule has 0 fully saturated rings. The van der Waals surface area contributed by atoms with Gasteiger partial charge in [-0.05, 0) is 31.0 Å². The summed E-state index contributed by atoms with van der Waals surface area (Å²) in [5.74, 6) is -0.480. The molecule has 0 saturated carbocycles. The van der Waals surface area contributed by atoms with Crippen molar-refractivity contribution in [1.29, 1.82) is 0 Å². The number of halogens is 1. The molecule has 1 aromatic carbocycles. The van der Waals surface area contributed by atoms with Gasteiger partial charge >= 0.3 is 0 Å². The molecule has 0 bridgehead atoms. The highest BCUT2D eigenvalue weighted by Gasteiger charge is 2.16. The van der Waals surface area contributed by atoms with Gasteiger partial charge in [0.05, 0.1) is 22.7 Å². The number of nitro benzene ring substituents is 1. The summed E-state index contributed by atoms with van der Waals surface area (Å²) in [4.78, 5) is 10.5. The van der Waals surface area contributed by atoms with E-state index in [4.69, 9.17) is 0 Å². The third kappa shape index (κ3) is 2.84. The van der Waals surface area contributed by atoms with E-state index in [0.717, 1.165) is 30.3 Å². The van der Waals surface area contributed by atoms with Gasteiger partial charge in [-0.25, -0.2) is 4.39 Å². The molecule has 0 aliphatic rings. The average molecular weight is 277 g/mol. The molecule has 20 heavy (non-hydrogen) atoms. The molecular formula is C14H16FN3O2. The summed E-state index contributed by atoms with van der Waals surface area (Å²) < 4.78 is 15.0. The molecule has 0 amide bonds. The zero-order valence-electron chi connectivity index (χ0n) is 11.5. The highest BCUT2D eigenvalue weighted by molar-refractivity contribution is 5.40. The number of hydrogen-bond donors (Lipinski definition) is 0. The molecule has 0 N–H and O–H groups in total. The third-order valence-electron chi connectivity index (χ3n) is 3.20. The van der Waals surface area contributed by atoms with Gasteiger partial charge in [0.15, 0.2) is 0 Å². The summed E-state index contributed by atoms with van der Waals surface area (Å²) >= 11 is 0. The van der Waals surface area contributed by atoms with E-state index in [9.17, 15) is 14.5 Å². The van der Waals surface area contributed by atoms with E-state index in [1.165, 1.54) is 12.1 Å². The van der Waals surface area contributed by atoms with Crippen molar-refractivity contribution in [2.45, 2.75) is 33.2 Å². The molecule has 0 radical (unpaired) electrons. The first kappa shape index (κ1) is 14.2. The Balaban J connectivity index is 2.41. The Morgan fingerprint density at radius 3 is 2.65 bits per heavy atom. The minimum absolute atomic E-state index is 0.0815. The summed E-state index contributed by atoms with van der Waals surface area (Å²) in [6.45, 7) is 4.20. The van der Waals surface area contributed by atoms with Gasteiger partial charge in [-0.2, -0.15) is 5.10 Å². The molecule has 5 nitrogen and oxygen atoms in total. The van der Waals surface area contributed by atoms with Crippen LogP contribution in [0.2, 0.25) is 0 Å². The predicted molar refractivity (Wildman–Crippen MR) is 73.1 cm³/mol. The van der Waals surface area contributed by atoms with E-state index in [0.29, 0.717) is 5.56 Å². The van der Waals surface area contributed by atoms with Gasteiger partial charge in [0, 0.05) is 11.8 Å². The predicted octanol–water partition coefficient (Wildman–Crippen LogP) is 3.10. The first-order valence-electron chi connectivity index (χ1n) is 6.53. The Morgan fingerprint density at radius 2 is 2.05 bits per heavy atom. The van der Waals surface area contributed by atoms with Gasteiger partial charge < -0.3 is 0 Å². The Hall–Kier alpha value is -2.24. The van der Waals surface area contributed by atoms with Crippen molar-refractivity contribution in [3.63, 3.8) is 0 Å². The molecule has 0 unspecified atom stereocenters. The normalized spacial score (nSPS) is 10.8. The van der Waals surface area contributed by atoms with Crippen molar-refractivity contribution >= 4 is 5.69 Å². The van der Waals surface area contributed by atoms with Crippen LogP contribution in [0.5, 0.6) is 0 Å². The van der Waals surface area contributed by atoms with Crippen LogP contribution in [0.3, 0.4) is 0 Å². The Bertz CT molecular complexity index is 637. The highest BCUT2D eigenvalue weighted by atomic mass is 19.1. The van der Waals surface area contributed by atoms with Crippen LogP contribution >= 0.6 is 0 Å². The van der Waals surface area contributed by atoms with Crippen LogP contribution in [-0.4, -0.2) is 14.7 Å². The van der Waals surface area contributed by atoms with Crippen LogP contribution in [0, 0.1) is 15.9 Å². The maximum Gasteiger partial charge on any atom is 0.274 e. The second-order valence-electron chi connectivity index (χ2n) is 4.52. The molecule has 0 atom stereocenters. The van der Waals surface area contributed by atoms with Crippen LogP contribution in [-0.2, 0) is 19.4 Å². The van der Waals surface area contributed by atoms with Crippen molar-refractivity contribution in [3.8, 4) is 0 Å². The van der Waals surface area contributed by atoms with Crippen molar-refractivity contribution in [1.82, 2.24) is 9.78 Å². The zero-order chi connectivity index (χ0) is 14.7. The quantitative estimate of drug-likeness (QED) is 0.623. The fourth-order valence-corrected chi connectivity index (χ4v) is 2.13. The van der Waals surface area contributed by atoms with Gasteiger partial charge in [-0.3, -0.25) is 14.8 Å². The van der Waals surface area contributed by atoms with Crippen molar-refractivity contribution in [2.75, 3.05) is 0 Å². The van der Waals surface area contributed by atoms with Crippen LogP contribution < -0.4 is 0 Å². The lowest BCUT2D eigenvalue weighted by atomic mass is 10.1. The fourth-order valence-electron chi connectivity index (χ4n) is 2.13. The fraction of sp³-hybridized carbons (Fsp3) is 0.357. The van der Waals surface area contributed by atoms with Crippen LogP contribution in [0.15, 0.2) is 24.3 Å². The van der Waals surface area contributed by atoms with Crippen LogP contribution in [0.4, 0.5) is 10.1 Å². The molecule has 0 saturated heterocycles. The molecule has 1 aromatic heterocycles. The molecule has 6 heteroatoms. The Kier molecular flexibility index (Phi) is 4.12. The lowest BCUT2D eigenvalue weighted by molar-refractivity contribution is -0.385. The van der Waals surface area contributed by atoms with Gasteiger partial charge in [0.2, 0.25) is 0 Å². The third-order valence-corrected chi connectivity index (χ3v) is 3.20. The van der Waals surface area contributed by atoms with Crippen molar-refractivity contribution in [3.05, 3.63) is 57.1 Å². The lowest BCUT2D eigenvalue weighted by Crippen LogP contribution is -2.08. The Labute approximate surface area is 116 Å². The van der Waals surface area contributed by atoms with Gasteiger partial charge in [-0.15, -0.1) is 0 Å². The number of nitro groups is 1. The van der Waals surface area contributed by atoms with Gasteiger partial charge in [0.25, 0.3) is 5.69 Å². The largest absolute Gasteiger partial charge is 0.274 e. The number of benzene rings is 1. The second-order valence-corrected chi connectivity index (χ2v) is 4.52. The van der Waals surface area contributed by atoms with E-state index in [2.05, 4.69) is 5.10 Å². The zero-order valence-corrected chi connectivity index (χ0v) is 11.5. The van der Waals surface area contributed by atoms with E-state index in [1.807, 2.05) is 19.9 Å². The maximum atomic E-state index is 13.3. The number of rotatable bonds is 5. The minimum Gasteiger partial charge on any atom is -0.265 e. The maximum absolute atomic E-state index is 13.3. The molecule has 0 spiro atoms. The van der Waals surface area contributed by atoms with E-state index in [1.54, 1.807) is 4.68 Å². The van der Waals surface area contributed by atoms with Crippen molar-refractivity contribution in [2.24, 2.45) is 0 Å². The first-order valence-corrected chi connectivity index (χ1v) is 6.53. The van der Waals surface area contributed by atoms with Crippen LogP contribution in [0.25, 0.3) is 0 Å². The molecule has 1 heterocycles. The standard InChI is InChI=1S/C14H16FN3O2/c1-3-12-8-13(4-2)17(16-12)9-10-7-11(15)5-6-14(10)18(19)20/h5-8H,3-4,9H2,1-2H3. The SMILES string of the molecule is CCc1cc(CC)n(Cc2cc(F)ccc2[N+](=O)[O-])n1. The molecule has 2 rings (SSSR count). The number of aryl methyl sites for hydroxylation is 2. The molecule has 0 aliphatic carbocycles. The summed E-state index contributed by atoms with van der Waals surface area (Å²) in [6.07, 6.45) is 1.57. The highest BCUT2D eigenvalue weighted by Crippen LogP contribution is 2.21. The topological polar surface area (TPSA) is 61.0 Å². The van der Waals surface area contributed by atoms with E-state index in [-0.39, 0.29) is 12.2 Å². The summed E-state index contributed by atoms with van der Waals surface area (Å²) in [7, 11) is 0. The minimum atomic E-state index is -0.495. The lowest BCUT2D eigenvalue weighted by Gasteiger charge is -2.07. The number of nitrogens with zero attached hydrogens (tertiary/aromatic N) is 3. The van der Waals surface area contributed by atoms with Gasteiger partial charge in [-0.1, -0.05) is 13.8 Å². The molecular weight excluding hydrogens is 261 g/mol. The summed E-state index contributed by atoms with van der Waals surface area (Å²) in [5.41, 5.74) is 2.17. The Morgan fingerprint density at radius 1 is 1.30 bits per heavy atom. The van der Waals surface area contributed by atoms with E-state index >= 15 is 0 Å². The molecule has 2 aromatic rings. The van der Waals surface area contributed by atoms with Crippen molar-refractivity contribution < 1.29 is 9.31 Å². The second kappa shape index (κ2) is 5.81. The summed E-state index contributed by atoms with van der Waals surface area (Å²) in [6, 6.07) is 5.47. The molecule has 106 valence electrons. The smallest absolute Gasteiger partial charge is 0.265 e. The monoisotopic (exact) mass is 277 g/mol. The van der Waals surface area contributed by atoms with Gasteiger partial charge in [0.1, 0.15) is 5.82 Å². The van der Waals surface area contributed by atoms with Crippen LogP contribution in [0.1, 0.15) is 30.8 Å². The molecule has 0 aliphatic heterocycles. The van der Waals surface area contributed by atoms with E-state index < -0.39 is 10.7 Å². The number of aromatic nitrogens is 2. The first-order chi connectivity index (χ1) is 9.55.